The molecule has 0 aromatic rings. The fourth-order valence-corrected chi connectivity index (χ4v) is 9.12. The summed E-state index contributed by atoms with van der Waals surface area (Å²) in [6, 6.07) is -1.01. The van der Waals surface area contributed by atoms with Gasteiger partial charge >= 0.3 is 5.97 Å². The lowest BCUT2D eigenvalue weighted by Gasteiger charge is -2.41. The van der Waals surface area contributed by atoms with Gasteiger partial charge in [-0.3, -0.25) is 9.59 Å². The van der Waals surface area contributed by atoms with Gasteiger partial charge in [-0.2, -0.15) is 0 Å². The molecule has 0 aliphatic carbocycles. The molecule has 6 N–H and O–H groups in total. The van der Waals surface area contributed by atoms with Crippen molar-refractivity contribution in [3.63, 3.8) is 0 Å². The molecule has 1 aliphatic rings. The molecule has 8 atom stereocenters. The van der Waals surface area contributed by atoms with Gasteiger partial charge in [-0.1, -0.05) is 251 Å². The molecule has 0 aromatic carbocycles. The van der Waals surface area contributed by atoms with Crippen LogP contribution >= 0.6 is 0 Å². The highest BCUT2D eigenvalue weighted by Crippen LogP contribution is 2.26. The summed E-state index contributed by atoms with van der Waals surface area (Å²) in [5.41, 5.74) is 0. The molecule has 0 radical (unpaired) electrons. The molecule has 0 spiro atoms. The van der Waals surface area contributed by atoms with E-state index in [1.54, 1.807) is 6.08 Å². The molecule has 1 saturated heterocycles. The predicted octanol–water partition coefficient (Wildman–Crippen LogP) is 12.4. The molecule has 396 valence electrons. The number of carbonyl (C=O) groups excluding carboxylic acids is 2. The van der Waals surface area contributed by atoms with Crippen molar-refractivity contribution >= 4 is 11.9 Å². The summed E-state index contributed by atoms with van der Waals surface area (Å²) in [5.74, 6) is -1.18. The van der Waals surface area contributed by atoms with E-state index in [-0.39, 0.29) is 13.0 Å². The Morgan fingerprint density at radius 2 is 0.970 bits per heavy atom. The van der Waals surface area contributed by atoms with Gasteiger partial charge in [-0.25, -0.2) is 0 Å². The molecular formula is C56H107NO10. The van der Waals surface area contributed by atoms with E-state index < -0.39 is 67.4 Å². The van der Waals surface area contributed by atoms with Crippen molar-refractivity contribution in [2.75, 3.05) is 13.2 Å². The van der Waals surface area contributed by atoms with Gasteiger partial charge in [-0.05, 0) is 25.7 Å². The van der Waals surface area contributed by atoms with E-state index in [0.29, 0.717) is 19.3 Å². The third kappa shape index (κ3) is 34.4. The number of hydrogen-bond acceptors (Lipinski definition) is 10. The summed E-state index contributed by atoms with van der Waals surface area (Å²) >= 11 is 0. The monoisotopic (exact) mass is 954 g/mol. The number of aliphatic hydroxyl groups excluding tert-OH is 5. The Morgan fingerprint density at radius 3 is 1.40 bits per heavy atom. The number of carbonyl (C=O) groups is 2. The molecule has 0 saturated carbocycles. The van der Waals surface area contributed by atoms with Gasteiger partial charge in [-0.15, -0.1) is 0 Å². The van der Waals surface area contributed by atoms with Gasteiger partial charge in [0.25, 0.3) is 0 Å². The van der Waals surface area contributed by atoms with Crippen molar-refractivity contribution in [3.8, 4) is 0 Å². The highest BCUT2D eigenvalue weighted by atomic mass is 16.7. The van der Waals surface area contributed by atoms with Crippen LogP contribution in [0.15, 0.2) is 12.2 Å². The number of amides is 1. The summed E-state index contributed by atoms with van der Waals surface area (Å²) < 4.78 is 17.5. The zero-order valence-electron chi connectivity index (χ0n) is 43.5. The molecule has 0 aromatic heterocycles. The van der Waals surface area contributed by atoms with Crippen molar-refractivity contribution in [2.45, 2.75) is 320 Å². The number of ether oxygens (including phenoxy) is 3. The van der Waals surface area contributed by atoms with Gasteiger partial charge in [0.1, 0.15) is 24.4 Å². The van der Waals surface area contributed by atoms with E-state index in [1.165, 1.54) is 167 Å². The average molecular weight is 954 g/mol. The molecule has 11 heteroatoms. The van der Waals surface area contributed by atoms with E-state index >= 15 is 0 Å². The third-order valence-electron chi connectivity index (χ3n) is 13.7. The third-order valence-corrected chi connectivity index (χ3v) is 13.7. The number of allylic oxidation sites excluding steroid dienone is 1. The molecule has 1 fully saturated rings. The quantitative estimate of drug-likeness (QED) is 0.0196. The fraction of sp³-hybridized carbons (Fsp3) is 0.929. The topological polar surface area (TPSA) is 175 Å². The second-order valence-corrected chi connectivity index (χ2v) is 20.0. The van der Waals surface area contributed by atoms with Gasteiger partial charge in [0.2, 0.25) is 5.91 Å². The summed E-state index contributed by atoms with van der Waals surface area (Å²) in [7, 11) is 0. The maximum atomic E-state index is 13.4. The van der Waals surface area contributed by atoms with Gasteiger partial charge in [0, 0.05) is 6.42 Å². The highest BCUT2D eigenvalue weighted by Gasteiger charge is 2.47. The molecule has 1 heterocycles. The minimum absolute atomic E-state index is 0.130. The molecule has 67 heavy (non-hydrogen) atoms. The molecular weight excluding hydrogens is 847 g/mol. The Bertz CT molecular complexity index is 1140. The standard InChI is InChI=1S/C56H107NO10/c1-4-7-10-13-16-19-22-23-24-25-26-29-31-34-37-40-43-49(60)55(64)57-47(48(59)42-39-36-33-30-27-20-17-14-11-8-5-2)46-65-56-54(53(63)52(62)50(45-58)66-56)67-51(61)44-41-38-35-32-28-21-18-15-12-9-6-3/h39,42,47-50,52-54,56,58-60,62-63H,4-38,40-41,43-46H2,1-3H3,(H,57,64)/b42-39+. The minimum Gasteiger partial charge on any atom is -0.454 e. The van der Waals surface area contributed by atoms with E-state index in [0.717, 1.165) is 57.8 Å². The Hall–Kier alpha value is -1.60. The van der Waals surface area contributed by atoms with Crippen molar-refractivity contribution in [1.29, 1.82) is 0 Å². The van der Waals surface area contributed by atoms with Gasteiger partial charge in [0.15, 0.2) is 12.4 Å². The Kier molecular flexibility index (Phi) is 43.1. The summed E-state index contributed by atoms with van der Waals surface area (Å²) in [5, 5.41) is 56.7. The van der Waals surface area contributed by atoms with Gasteiger partial charge < -0.3 is 45.1 Å². The first-order chi connectivity index (χ1) is 32.7. The van der Waals surface area contributed by atoms with E-state index in [9.17, 15) is 35.1 Å². The number of hydrogen-bond donors (Lipinski definition) is 6. The van der Waals surface area contributed by atoms with Crippen LogP contribution in [0.1, 0.15) is 271 Å². The van der Waals surface area contributed by atoms with Crippen LogP contribution in [-0.4, -0.2) is 99.6 Å². The zero-order valence-corrected chi connectivity index (χ0v) is 43.5. The van der Waals surface area contributed by atoms with Gasteiger partial charge in [0.05, 0.1) is 25.4 Å². The molecule has 11 nitrogen and oxygen atoms in total. The van der Waals surface area contributed by atoms with Crippen molar-refractivity contribution < 1.29 is 49.3 Å². The van der Waals surface area contributed by atoms with Crippen LogP contribution in [0.5, 0.6) is 0 Å². The van der Waals surface area contributed by atoms with Crippen LogP contribution < -0.4 is 5.32 Å². The van der Waals surface area contributed by atoms with E-state index in [2.05, 4.69) is 26.1 Å². The molecule has 1 rings (SSSR count). The lowest BCUT2D eigenvalue weighted by molar-refractivity contribution is -0.305. The largest absolute Gasteiger partial charge is 0.454 e. The lowest BCUT2D eigenvalue weighted by Crippen LogP contribution is -2.61. The fourth-order valence-electron chi connectivity index (χ4n) is 9.12. The van der Waals surface area contributed by atoms with Crippen molar-refractivity contribution in [3.05, 3.63) is 12.2 Å². The SMILES string of the molecule is CCCCCCCCCCC/C=C/C(O)C(COC1OC(CO)C(O)C(O)C1OC(=O)CCCCCCCCCCCCC)NC(=O)C(O)CCCCCCCCCCCCCCCCCC. The maximum absolute atomic E-state index is 13.4. The van der Waals surface area contributed by atoms with E-state index in [4.69, 9.17) is 14.2 Å². The number of aliphatic hydroxyl groups is 5. The first-order valence-corrected chi connectivity index (χ1v) is 28.5. The summed E-state index contributed by atoms with van der Waals surface area (Å²) in [6.45, 7) is 5.78. The molecule has 0 bridgehead atoms. The van der Waals surface area contributed by atoms with Crippen LogP contribution in [0, 0.1) is 0 Å². The average Bonchev–Trinajstić information content (AvgIpc) is 3.32. The van der Waals surface area contributed by atoms with Crippen molar-refractivity contribution in [2.24, 2.45) is 0 Å². The van der Waals surface area contributed by atoms with Crippen LogP contribution in [0.3, 0.4) is 0 Å². The molecule has 8 unspecified atom stereocenters. The van der Waals surface area contributed by atoms with Crippen LogP contribution in [0.4, 0.5) is 0 Å². The minimum atomic E-state index is -1.60. The van der Waals surface area contributed by atoms with Crippen LogP contribution in [0.2, 0.25) is 0 Å². The highest BCUT2D eigenvalue weighted by molar-refractivity contribution is 5.80. The number of esters is 1. The number of unbranched alkanes of at least 4 members (excludes halogenated alkanes) is 34. The second-order valence-electron chi connectivity index (χ2n) is 20.0. The normalized spacial score (nSPS) is 20.0. The number of nitrogens with one attached hydrogen (secondary N) is 1. The molecule has 1 aliphatic heterocycles. The Balaban J connectivity index is 2.71. The van der Waals surface area contributed by atoms with Crippen LogP contribution in [0.25, 0.3) is 0 Å². The van der Waals surface area contributed by atoms with Crippen molar-refractivity contribution in [1.82, 2.24) is 5.32 Å². The maximum Gasteiger partial charge on any atom is 0.306 e. The summed E-state index contributed by atoms with van der Waals surface area (Å²) in [6.07, 6.45) is 38.3. The van der Waals surface area contributed by atoms with Crippen LogP contribution in [-0.2, 0) is 23.8 Å². The lowest BCUT2D eigenvalue weighted by atomic mass is 9.99. The zero-order chi connectivity index (χ0) is 49.0. The smallest absolute Gasteiger partial charge is 0.306 e. The first-order valence-electron chi connectivity index (χ1n) is 28.5. The Morgan fingerprint density at radius 1 is 0.567 bits per heavy atom. The second kappa shape index (κ2) is 45.5. The first kappa shape index (κ1) is 63.4. The summed E-state index contributed by atoms with van der Waals surface area (Å²) in [4.78, 5) is 26.4. The Labute approximate surface area is 410 Å². The molecule has 1 amide bonds. The predicted molar refractivity (Wildman–Crippen MR) is 274 cm³/mol. The number of rotatable bonds is 48. The van der Waals surface area contributed by atoms with E-state index in [1.807, 2.05) is 6.08 Å².